The van der Waals surface area contributed by atoms with Gasteiger partial charge in [-0.05, 0) is 46.9 Å². The first kappa shape index (κ1) is 17.2. The lowest BCUT2D eigenvalue weighted by atomic mass is 9.97. The van der Waals surface area contributed by atoms with E-state index in [0.29, 0.717) is 25.0 Å². The summed E-state index contributed by atoms with van der Waals surface area (Å²) >= 11 is 0. The summed E-state index contributed by atoms with van der Waals surface area (Å²) in [5.41, 5.74) is 3.49. The van der Waals surface area contributed by atoms with E-state index >= 15 is 0 Å². The number of amides is 2. The van der Waals surface area contributed by atoms with Crippen molar-refractivity contribution in [1.82, 2.24) is 4.90 Å². The van der Waals surface area contributed by atoms with Crippen molar-refractivity contribution >= 4 is 11.8 Å². The Morgan fingerprint density at radius 1 is 1.08 bits per heavy atom. The third kappa shape index (κ3) is 3.72. The number of hydrogen-bond donors (Lipinski definition) is 1. The number of imide groups is 1. The number of rotatable bonds is 5. The van der Waals surface area contributed by atoms with Crippen LogP contribution in [0.4, 0.5) is 0 Å². The number of methoxy groups -OCH3 is 1. The van der Waals surface area contributed by atoms with Crippen LogP contribution in [0.3, 0.4) is 0 Å². The van der Waals surface area contributed by atoms with Crippen molar-refractivity contribution in [3.8, 4) is 16.9 Å². The number of ether oxygens (including phenoxy) is 1. The molecule has 1 N–H and O–H groups in total. The highest BCUT2D eigenvalue weighted by Gasteiger charge is 2.25. The fraction of sp³-hybridized carbons (Fsp3) is 0.300. The summed E-state index contributed by atoms with van der Waals surface area (Å²) in [6, 6.07) is 13.3. The standard InChI is InChI=1S/C20H21NO4/c1-25-17-8-9-18(16(11-17)13-22)15-5-2-4-14(10-15)12-21-19(23)6-3-7-20(21)24/h2,4-5,8-11,22H,3,6-7,12-13H2,1H3. The van der Waals surface area contributed by atoms with E-state index in [1.165, 1.54) is 4.90 Å². The second kappa shape index (κ2) is 7.49. The van der Waals surface area contributed by atoms with Gasteiger partial charge in [0.1, 0.15) is 5.75 Å². The maximum atomic E-state index is 12.0. The van der Waals surface area contributed by atoms with Crippen molar-refractivity contribution in [2.24, 2.45) is 0 Å². The van der Waals surface area contributed by atoms with E-state index < -0.39 is 0 Å². The van der Waals surface area contributed by atoms with Crippen LogP contribution in [0.1, 0.15) is 30.4 Å². The zero-order valence-electron chi connectivity index (χ0n) is 14.2. The summed E-state index contributed by atoms with van der Waals surface area (Å²) in [5, 5.41) is 9.65. The highest BCUT2D eigenvalue weighted by molar-refractivity contribution is 5.97. The maximum Gasteiger partial charge on any atom is 0.229 e. The molecular weight excluding hydrogens is 318 g/mol. The number of likely N-dealkylation sites (tertiary alicyclic amines) is 1. The molecule has 1 saturated heterocycles. The second-order valence-corrected chi connectivity index (χ2v) is 6.11. The largest absolute Gasteiger partial charge is 0.497 e. The van der Waals surface area contributed by atoms with Crippen molar-refractivity contribution in [1.29, 1.82) is 0 Å². The molecule has 0 aliphatic carbocycles. The molecule has 130 valence electrons. The molecule has 1 aliphatic heterocycles. The summed E-state index contributed by atoms with van der Waals surface area (Å²) < 4.78 is 5.20. The number of aliphatic hydroxyl groups is 1. The summed E-state index contributed by atoms with van der Waals surface area (Å²) in [7, 11) is 1.59. The Hall–Kier alpha value is -2.66. The van der Waals surface area contributed by atoms with Crippen molar-refractivity contribution in [3.63, 3.8) is 0 Å². The molecule has 25 heavy (non-hydrogen) atoms. The van der Waals surface area contributed by atoms with Crippen molar-refractivity contribution < 1.29 is 19.4 Å². The fourth-order valence-electron chi connectivity index (χ4n) is 3.11. The monoisotopic (exact) mass is 339 g/mol. The zero-order chi connectivity index (χ0) is 17.8. The highest BCUT2D eigenvalue weighted by atomic mass is 16.5. The van der Waals surface area contributed by atoms with Gasteiger partial charge in [-0.1, -0.05) is 24.3 Å². The Morgan fingerprint density at radius 3 is 2.52 bits per heavy atom. The summed E-state index contributed by atoms with van der Waals surface area (Å²) in [5.74, 6) is 0.470. The van der Waals surface area contributed by atoms with Gasteiger partial charge in [0.2, 0.25) is 11.8 Å². The SMILES string of the molecule is COc1ccc(-c2cccc(CN3C(=O)CCCC3=O)c2)c(CO)c1. The Balaban J connectivity index is 1.89. The molecule has 0 saturated carbocycles. The van der Waals surface area contributed by atoms with Crippen LogP contribution in [0.25, 0.3) is 11.1 Å². The Morgan fingerprint density at radius 2 is 1.84 bits per heavy atom. The molecule has 1 fully saturated rings. The average molecular weight is 339 g/mol. The molecule has 0 unspecified atom stereocenters. The number of carbonyl (C=O) groups is 2. The van der Waals surface area contributed by atoms with E-state index in [2.05, 4.69) is 0 Å². The molecule has 2 amide bonds. The van der Waals surface area contributed by atoms with Gasteiger partial charge in [0.15, 0.2) is 0 Å². The van der Waals surface area contributed by atoms with Crippen molar-refractivity contribution in [2.75, 3.05) is 7.11 Å². The van der Waals surface area contributed by atoms with Gasteiger partial charge in [-0.2, -0.15) is 0 Å². The van der Waals surface area contributed by atoms with Crippen LogP contribution >= 0.6 is 0 Å². The number of carbonyl (C=O) groups excluding carboxylic acids is 2. The number of hydrogen-bond acceptors (Lipinski definition) is 4. The third-order valence-corrected chi connectivity index (χ3v) is 4.44. The lowest BCUT2D eigenvalue weighted by Gasteiger charge is -2.25. The number of benzene rings is 2. The van der Waals surface area contributed by atoms with Gasteiger partial charge in [0.05, 0.1) is 20.3 Å². The molecule has 2 aromatic carbocycles. The Labute approximate surface area is 146 Å². The lowest BCUT2D eigenvalue weighted by molar-refractivity contribution is -0.148. The molecular formula is C20H21NO4. The minimum absolute atomic E-state index is 0.0974. The topological polar surface area (TPSA) is 66.8 Å². The van der Waals surface area contributed by atoms with Gasteiger partial charge in [0, 0.05) is 12.8 Å². The first-order valence-corrected chi connectivity index (χ1v) is 8.32. The average Bonchev–Trinajstić information content (AvgIpc) is 2.64. The van der Waals surface area contributed by atoms with E-state index in [9.17, 15) is 14.7 Å². The van der Waals surface area contributed by atoms with Gasteiger partial charge in [0.25, 0.3) is 0 Å². The smallest absolute Gasteiger partial charge is 0.229 e. The van der Waals surface area contributed by atoms with Gasteiger partial charge in [-0.3, -0.25) is 14.5 Å². The van der Waals surface area contributed by atoms with E-state index in [-0.39, 0.29) is 25.0 Å². The molecule has 1 heterocycles. The highest BCUT2D eigenvalue weighted by Crippen LogP contribution is 2.29. The minimum atomic E-state index is -0.109. The van der Waals surface area contributed by atoms with Gasteiger partial charge in [-0.25, -0.2) is 0 Å². The normalized spacial score (nSPS) is 14.7. The Bertz CT molecular complexity index is 784. The van der Waals surface area contributed by atoms with Crippen molar-refractivity contribution in [3.05, 3.63) is 53.6 Å². The molecule has 2 aromatic rings. The number of piperidine rings is 1. The minimum Gasteiger partial charge on any atom is -0.497 e. The fourth-order valence-corrected chi connectivity index (χ4v) is 3.11. The first-order valence-electron chi connectivity index (χ1n) is 8.32. The van der Waals surface area contributed by atoms with E-state index in [0.717, 1.165) is 22.3 Å². The molecule has 0 bridgehead atoms. The van der Waals surface area contributed by atoms with E-state index in [4.69, 9.17) is 4.74 Å². The molecule has 1 aliphatic rings. The van der Waals surface area contributed by atoms with Crippen LogP contribution in [0, 0.1) is 0 Å². The number of nitrogens with zero attached hydrogens (tertiary/aromatic N) is 1. The molecule has 0 spiro atoms. The summed E-state index contributed by atoms with van der Waals surface area (Å²) in [4.78, 5) is 25.3. The molecule has 5 nitrogen and oxygen atoms in total. The molecule has 0 radical (unpaired) electrons. The van der Waals surface area contributed by atoms with Gasteiger partial charge < -0.3 is 9.84 Å². The molecule has 3 rings (SSSR count). The Kier molecular flexibility index (Phi) is 5.14. The van der Waals surface area contributed by atoms with Crippen LogP contribution in [-0.2, 0) is 22.7 Å². The summed E-state index contributed by atoms with van der Waals surface area (Å²) in [6.45, 7) is 0.190. The van der Waals surface area contributed by atoms with Crippen LogP contribution in [0.5, 0.6) is 5.75 Å². The predicted molar refractivity (Wildman–Crippen MR) is 93.8 cm³/mol. The van der Waals surface area contributed by atoms with Crippen molar-refractivity contribution in [2.45, 2.75) is 32.4 Å². The van der Waals surface area contributed by atoms with Crippen LogP contribution in [-0.4, -0.2) is 28.9 Å². The lowest BCUT2D eigenvalue weighted by Crippen LogP contribution is -2.39. The van der Waals surface area contributed by atoms with Crippen LogP contribution in [0.2, 0.25) is 0 Å². The second-order valence-electron chi connectivity index (χ2n) is 6.11. The quantitative estimate of drug-likeness (QED) is 0.851. The van der Waals surface area contributed by atoms with Crippen LogP contribution in [0.15, 0.2) is 42.5 Å². The number of aliphatic hydroxyl groups excluding tert-OH is 1. The molecule has 0 atom stereocenters. The van der Waals surface area contributed by atoms with E-state index in [1.807, 2.05) is 36.4 Å². The van der Waals surface area contributed by atoms with Crippen LogP contribution < -0.4 is 4.74 Å². The third-order valence-electron chi connectivity index (χ3n) is 4.44. The maximum absolute atomic E-state index is 12.0. The molecule has 0 aromatic heterocycles. The molecule has 5 heteroatoms. The first-order chi connectivity index (χ1) is 12.1. The van der Waals surface area contributed by atoms with E-state index in [1.54, 1.807) is 13.2 Å². The van der Waals surface area contributed by atoms with Gasteiger partial charge >= 0.3 is 0 Å². The summed E-state index contributed by atoms with van der Waals surface area (Å²) in [6.07, 6.45) is 1.50. The zero-order valence-corrected chi connectivity index (χ0v) is 14.2. The van der Waals surface area contributed by atoms with Gasteiger partial charge in [-0.15, -0.1) is 0 Å². The predicted octanol–water partition coefficient (Wildman–Crippen LogP) is 2.89.